The van der Waals surface area contributed by atoms with Crippen LogP contribution in [0.1, 0.15) is 12.6 Å². The van der Waals surface area contributed by atoms with Gasteiger partial charge in [-0.05, 0) is 29.5 Å². The van der Waals surface area contributed by atoms with Gasteiger partial charge in [-0.3, -0.25) is 9.38 Å². The first-order valence-electron chi connectivity index (χ1n) is 8.66. The number of alkyl halides is 3. The van der Waals surface area contributed by atoms with Gasteiger partial charge < -0.3 is 0 Å². The summed E-state index contributed by atoms with van der Waals surface area (Å²) in [5, 5.41) is 0.651. The molecule has 9 heteroatoms. The summed E-state index contributed by atoms with van der Waals surface area (Å²) < 4.78 is 40.2. The van der Waals surface area contributed by atoms with Crippen molar-refractivity contribution in [2.24, 2.45) is 0 Å². The molecule has 0 atom stereocenters. The molecule has 148 valence electrons. The highest BCUT2D eigenvalue weighted by molar-refractivity contribution is 7.99. The smallest absolute Gasteiger partial charge is 0.290 e. The summed E-state index contributed by atoms with van der Waals surface area (Å²) >= 11 is 7.55. The molecule has 0 radical (unpaired) electrons. The molecule has 4 nitrogen and oxygen atoms in total. The molecule has 1 aromatic carbocycles. The van der Waals surface area contributed by atoms with E-state index in [1.165, 1.54) is 4.40 Å². The van der Waals surface area contributed by atoms with Crippen molar-refractivity contribution in [3.63, 3.8) is 0 Å². The van der Waals surface area contributed by atoms with Gasteiger partial charge in [-0.15, -0.1) is 11.8 Å². The predicted octanol–water partition coefficient (Wildman–Crippen LogP) is 6.24. The van der Waals surface area contributed by atoms with Crippen LogP contribution >= 0.6 is 23.4 Å². The first-order chi connectivity index (χ1) is 13.8. The van der Waals surface area contributed by atoms with Crippen molar-refractivity contribution in [3.05, 3.63) is 65.8 Å². The zero-order valence-electron chi connectivity index (χ0n) is 15.1. The van der Waals surface area contributed by atoms with Gasteiger partial charge in [-0.1, -0.05) is 30.7 Å². The standard InChI is InChI=1S/C20H14ClF3N4S/c1-2-29-16-7-13(12-3-5-14(21)6-4-12)9-25-19(16)15-10-28-11-26-17(20(22,23)24)8-18(28)27-15/h3-11H,2H2,1H3. The van der Waals surface area contributed by atoms with Crippen LogP contribution in [0.3, 0.4) is 0 Å². The maximum atomic E-state index is 12.9. The average Bonchev–Trinajstić information content (AvgIpc) is 3.11. The van der Waals surface area contributed by atoms with Crippen LogP contribution in [0.25, 0.3) is 28.2 Å². The Kier molecular flexibility index (Phi) is 5.23. The summed E-state index contributed by atoms with van der Waals surface area (Å²) in [7, 11) is 0. The maximum Gasteiger partial charge on any atom is 0.433 e. The molecule has 0 bridgehead atoms. The molecule has 0 aliphatic carbocycles. The molecule has 0 aliphatic heterocycles. The average molecular weight is 435 g/mol. The number of halogens is 4. The Hall–Kier alpha value is -2.58. The van der Waals surface area contributed by atoms with E-state index in [4.69, 9.17) is 11.6 Å². The van der Waals surface area contributed by atoms with E-state index in [1.54, 1.807) is 24.2 Å². The third kappa shape index (κ3) is 4.09. The molecule has 0 amide bonds. The van der Waals surface area contributed by atoms with Gasteiger partial charge in [-0.2, -0.15) is 13.2 Å². The highest BCUT2D eigenvalue weighted by atomic mass is 35.5. The van der Waals surface area contributed by atoms with Crippen molar-refractivity contribution in [2.45, 2.75) is 18.0 Å². The van der Waals surface area contributed by atoms with Gasteiger partial charge in [0.15, 0.2) is 0 Å². The second-order valence-electron chi connectivity index (χ2n) is 6.17. The fourth-order valence-electron chi connectivity index (χ4n) is 2.86. The third-order valence-electron chi connectivity index (χ3n) is 4.21. The highest BCUT2D eigenvalue weighted by Crippen LogP contribution is 2.34. The van der Waals surface area contributed by atoms with E-state index in [-0.39, 0.29) is 5.65 Å². The van der Waals surface area contributed by atoms with Gasteiger partial charge >= 0.3 is 6.18 Å². The Morgan fingerprint density at radius 2 is 1.83 bits per heavy atom. The molecule has 0 saturated carbocycles. The minimum absolute atomic E-state index is 0.165. The van der Waals surface area contributed by atoms with Crippen molar-refractivity contribution < 1.29 is 13.2 Å². The molecule has 0 N–H and O–H groups in total. The van der Waals surface area contributed by atoms with Gasteiger partial charge in [0.2, 0.25) is 0 Å². The van der Waals surface area contributed by atoms with E-state index in [0.717, 1.165) is 34.2 Å². The zero-order chi connectivity index (χ0) is 20.6. The lowest BCUT2D eigenvalue weighted by molar-refractivity contribution is -0.141. The van der Waals surface area contributed by atoms with Crippen molar-refractivity contribution >= 4 is 29.0 Å². The molecule has 3 aromatic heterocycles. The topological polar surface area (TPSA) is 43.1 Å². The number of hydrogen-bond donors (Lipinski definition) is 0. The third-order valence-corrected chi connectivity index (χ3v) is 5.37. The molecular weight excluding hydrogens is 421 g/mol. The van der Waals surface area contributed by atoms with E-state index in [2.05, 4.69) is 15.0 Å². The van der Waals surface area contributed by atoms with E-state index in [0.29, 0.717) is 16.4 Å². The van der Waals surface area contributed by atoms with Crippen molar-refractivity contribution in [3.8, 4) is 22.5 Å². The number of pyridine rings is 1. The van der Waals surface area contributed by atoms with Gasteiger partial charge in [0.05, 0.1) is 0 Å². The number of aromatic nitrogens is 4. The number of rotatable bonds is 4. The largest absolute Gasteiger partial charge is 0.433 e. The van der Waals surface area contributed by atoms with E-state index in [1.807, 2.05) is 37.3 Å². The number of hydrogen-bond acceptors (Lipinski definition) is 4. The Bertz CT molecular complexity index is 1170. The van der Waals surface area contributed by atoms with E-state index >= 15 is 0 Å². The minimum atomic E-state index is -4.52. The van der Waals surface area contributed by atoms with Crippen LogP contribution in [0.15, 0.2) is 60.0 Å². The Balaban J connectivity index is 1.78. The number of fused-ring (bicyclic) bond motifs is 1. The van der Waals surface area contributed by atoms with E-state index in [9.17, 15) is 13.2 Å². The molecule has 0 aliphatic rings. The van der Waals surface area contributed by atoms with Gasteiger partial charge in [-0.25, -0.2) is 9.97 Å². The van der Waals surface area contributed by atoms with Crippen LogP contribution < -0.4 is 0 Å². The fraction of sp³-hybridized carbons (Fsp3) is 0.150. The lowest BCUT2D eigenvalue weighted by Gasteiger charge is -2.09. The summed E-state index contributed by atoms with van der Waals surface area (Å²) in [6.45, 7) is 2.02. The molecule has 4 aromatic rings. The first kappa shape index (κ1) is 19.7. The zero-order valence-corrected chi connectivity index (χ0v) is 16.7. The number of thioether (sulfide) groups is 1. The van der Waals surface area contributed by atoms with Crippen molar-refractivity contribution in [1.82, 2.24) is 19.4 Å². The summed E-state index contributed by atoms with van der Waals surface area (Å²) in [5.41, 5.74) is 2.19. The molecule has 29 heavy (non-hydrogen) atoms. The molecule has 0 saturated heterocycles. The van der Waals surface area contributed by atoms with Gasteiger partial charge in [0, 0.05) is 33.9 Å². The molecule has 0 spiro atoms. The van der Waals surface area contributed by atoms with Crippen LogP contribution in [-0.2, 0) is 6.18 Å². The monoisotopic (exact) mass is 434 g/mol. The van der Waals surface area contributed by atoms with Gasteiger partial charge in [0.1, 0.15) is 29.1 Å². The normalized spacial score (nSPS) is 11.9. The Labute approximate surface area is 173 Å². The number of benzene rings is 1. The van der Waals surface area contributed by atoms with Crippen LogP contribution in [0.4, 0.5) is 13.2 Å². The second kappa shape index (κ2) is 7.68. The highest BCUT2D eigenvalue weighted by Gasteiger charge is 2.33. The van der Waals surface area contributed by atoms with Crippen LogP contribution in [0, 0.1) is 0 Å². The summed E-state index contributed by atoms with van der Waals surface area (Å²) in [6.07, 6.45) is -0.0485. The number of imidazole rings is 1. The SMILES string of the molecule is CCSc1cc(-c2ccc(Cl)cc2)cnc1-c1cn2cnc(C(F)(F)F)cc2n1. The molecule has 0 fully saturated rings. The molecular formula is C20H14ClF3N4S. The fourth-order valence-corrected chi connectivity index (χ4v) is 3.80. The van der Waals surface area contributed by atoms with Gasteiger partial charge in [0.25, 0.3) is 0 Å². The summed E-state index contributed by atoms with van der Waals surface area (Å²) in [4.78, 5) is 13.3. The summed E-state index contributed by atoms with van der Waals surface area (Å²) in [6, 6.07) is 10.4. The lowest BCUT2D eigenvalue weighted by Crippen LogP contribution is -2.08. The molecule has 4 rings (SSSR count). The minimum Gasteiger partial charge on any atom is -0.290 e. The predicted molar refractivity (Wildman–Crippen MR) is 108 cm³/mol. The molecule has 0 unspecified atom stereocenters. The molecule has 3 heterocycles. The summed E-state index contributed by atoms with van der Waals surface area (Å²) in [5.74, 6) is 0.811. The number of nitrogens with zero attached hydrogens (tertiary/aromatic N) is 4. The first-order valence-corrected chi connectivity index (χ1v) is 10.0. The lowest BCUT2D eigenvalue weighted by atomic mass is 10.1. The quantitative estimate of drug-likeness (QED) is 0.356. The Morgan fingerprint density at radius 3 is 2.52 bits per heavy atom. The van der Waals surface area contributed by atoms with Crippen molar-refractivity contribution in [1.29, 1.82) is 0 Å². The van der Waals surface area contributed by atoms with Crippen LogP contribution in [-0.4, -0.2) is 25.1 Å². The van der Waals surface area contributed by atoms with E-state index < -0.39 is 11.9 Å². The Morgan fingerprint density at radius 1 is 1.07 bits per heavy atom. The van der Waals surface area contributed by atoms with Crippen molar-refractivity contribution in [2.75, 3.05) is 5.75 Å². The van der Waals surface area contributed by atoms with Crippen LogP contribution in [0.2, 0.25) is 5.02 Å². The van der Waals surface area contributed by atoms with Crippen LogP contribution in [0.5, 0.6) is 0 Å². The second-order valence-corrected chi connectivity index (χ2v) is 7.92. The maximum absolute atomic E-state index is 12.9.